The van der Waals surface area contributed by atoms with Crippen LogP contribution in [0.4, 0.5) is 10.8 Å². The molecule has 1 aromatic heterocycles. The van der Waals surface area contributed by atoms with E-state index >= 15 is 0 Å². The van der Waals surface area contributed by atoms with E-state index in [1.54, 1.807) is 6.07 Å². The van der Waals surface area contributed by atoms with E-state index in [-0.39, 0.29) is 5.69 Å². The normalized spacial score (nSPS) is 10.3. The number of nitrogens with zero attached hydrogens (tertiary/aromatic N) is 1. The summed E-state index contributed by atoms with van der Waals surface area (Å²) in [5.74, 6) is -0.480. The Hall–Kier alpha value is -1.79. The summed E-state index contributed by atoms with van der Waals surface area (Å²) in [7, 11) is 1.54. The Morgan fingerprint density at radius 1 is 1.53 bits per heavy atom. The van der Waals surface area contributed by atoms with Crippen LogP contribution in [0.5, 0.6) is 5.75 Å². The number of carboxylic acids is 1. The molecule has 0 saturated carbocycles. The molecule has 1 heterocycles. The van der Waals surface area contributed by atoms with Gasteiger partial charge in [-0.2, -0.15) is 0 Å². The minimum atomic E-state index is -1.05. The van der Waals surface area contributed by atoms with Crippen LogP contribution in [-0.4, -0.2) is 23.2 Å². The molecule has 0 unspecified atom stereocenters. The molecule has 0 aliphatic carbocycles. The molecule has 0 aliphatic heterocycles. The van der Waals surface area contributed by atoms with Gasteiger partial charge in [-0.05, 0) is 18.6 Å². The van der Waals surface area contributed by atoms with Crippen molar-refractivity contribution >= 4 is 39.7 Å². The number of carbonyl (C=O) groups is 1. The Labute approximate surface area is 118 Å². The lowest BCUT2D eigenvalue weighted by atomic mass is 10.2. The van der Waals surface area contributed by atoms with Gasteiger partial charge in [-0.1, -0.05) is 11.6 Å². The third-order valence-electron chi connectivity index (χ3n) is 2.45. The summed E-state index contributed by atoms with van der Waals surface area (Å²) < 4.78 is 5.22. The molecule has 100 valence electrons. The Kier molecular flexibility index (Phi) is 3.92. The van der Waals surface area contributed by atoms with E-state index in [9.17, 15) is 4.79 Å². The average Bonchev–Trinajstić information content (AvgIpc) is 2.82. The van der Waals surface area contributed by atoms with Crippen LogP contribution < -0.4 is 10.1 Å². The molecular formula is C12H11ClN2O3S. The zero-order valence-electron chi connectivity index (χ0n) is 10.2. The summed E-state index contributed by atoms with van der Waals surface area (Å²) >= 11 is 7.23. The highest BCUT2D eigenvalue weighted by molar-refractivity contribution is 7.14. The molecule has 5 nitrogen and oxygen atoms in total. The molecule has 0 amide bonds. The largest absolute Gasteiger partial charge is 0.495 e. The van der Waals surface area contributed by atoms with E-state index in [0.717, 1.165) is 5.56 Å². The molecule has 0 spiro atoms. The maximum absolute atomic E-state index is 10.8. The summed E-state index contributed by atoms with van der Waals surface area (Å²) in [6.07, 6.45) is 0. The molecular weight excluding hydrogens is 288 g/mol. The molecule has 0 bridgehead atoms. The van der Waals surface area contributed by atoms with E-state index in [0.29, 0.717) is 21.6 Å². The van der Waals surface area contributed by atoms with Crippen molar-refractivity contribution < 1.29 is 14.6 Å². The number of benzene rings is 1. The number of hydrogen-bond donors (Lipinski definition) is 2. The van der Waals surface area contributed by atoms with Crippen LogP contribution >= 0.6 is 22.9 Å². The number of thiazole rings is 1. The van der Waals surface area contributed by atoms with E-state index in [4.69, 9.17) is 21.4 Å². The first kappa shape index (κ1) is 13.6. The van der Waals surface area contributed by atoms with Gasteiger partial charge < -0.3 is 15.2 Å². The van der Waals surface area contributed by atoms with Crippen molar-refractivity contribution in [2.24, 2.45) is 0 Å². The number of aryl methyl sites for hydroxylation is 1. The number of anilines is 2. The van der Waals surface area contributed by atoms with Crippen LogP contribution in [-0.2, 0) is 0 Å². The Morgan fingerprint density at radius 2 is 2.26 bits per heavy atom. The van der Waals surface area contributed by atoms with Crippen molar-refractivity contribution in [3.05, 3.63) is 33.8 Å². The van der Waals surface area contributed by atoms with Crippen LogP contribution in [0.2, 0.25) is 5.02 Å². The fourth-order valence-corrected chi connectivity index (χ4v) is 2.32. The van der Waals surface area contributed by atoms with Gasteiger partial charge in [0.2, 0.25) is 0 Å². The first-order valence-corrected chi connectivity index (χ1v) is 6.57. The first-order chi connectivity index (χ1) is 9.01. The van der Waals surface area contributed by atoms with E-state index < -0.39 is 5.97 Å². The molecule has 1 aromatic carbocycles. The predicted molar refractivity (Wildman–Crippen MR) is 75.1 cm³/mol. The van der Waals surface area contributed by atoms with Gasteiger partial charge in [-0.15, -0.1) is 11.3 Å². The lowest BCUT2D eigenvalue weighted by Gasteiger charge is -2.11. The maximum Gasteiger partial charge on any atom is 0.355 e. The van der Waals surface area contributed by atoms with Gasteiger partial charge in [-0.25, -0.2) is 9.78 Å². The van der Waals surface area contributed by atoms with Crippen molar-refractivity contribution in [1.29, 1.82) is 0 Å². The fourth-order valence-electron chi connectivity index (χ4n) is 1.47. The summed E-state index contributed by atoms with van der Waals surface area (Å²) in [4.78, 5) is 14.7. The van der Waals surface area contributed by atoms with Crippen LogP contribution in [0.15, 0.2) is 17.5 Å². The van der Waals surface area contributed by atoms with Crippen LogP contribution in [0.1, 0.15) is 16.1 Å². The Balaban J connectivity index is 2.31. The van der Waals surface area contributed by atoms with Crippen molar-refractivity contribution in [3.8, 4) is 5.75 Å². The summed E-state index contributed by atoms with van der Waals surface area (Å²) in [5, 5.41) is 14.4. The Bertz CT molecular complexity index is 627. The van der Waals surface area contributed by atoms with Gasteiger partial charge >= 0.3 is 5.97 Å². The van der Waals surface area contributed by atoms with Gasteiger partial charge in [-0.3, -0.25) is 0 Å². The highest BCUT2D eigenvalue weighted by atomic mass is 35.5. The number of aromatic nitrogens is 1. The topological polar surface area (TPSA) is 71.5 Å². The van der Waals surface area contributed by atoms with E-state index in [1.807, 2.05) is 13.0 Å². The van der Waals surface area contributed by atoms with Crippen molar-refractivity contribution in [3.63, 3.8) is 0 Å². The van der Waals surface area contributed by atoms with Crippen LogP contribution in [0, 0.1) is 6.92 Å². The third kappa shape index (κ3) is 2.97. The number of ether oxygens (including phenoxy) is 1. The number of carboxylic acid groups (broad SMARTS) is 1. The van der Waals surface area contributed by atoms with Crippen LogP contribution in [0.25, 0.3) is 0 Å². The van der Waals surface area contributed by atoms with E-state index in [1.165, 1.54) is 23.8 Å². The van der Waals surface area contributed by atoms with Crippen molar-refractivity contribution in [2.45, 2.75) is 6.92 Å². The number of aromatic carboxylic acids is 1. The second kappa shape index (κ2) is 5.46. The molecule has 0 radical (unpaired) electrons. The molecule has 0 atom stereocenters. The number of nitrogens with one attached hydrogen (secondary N) is 1. The second-order valence-corrected chi connectivity index (χ2v) is 5.04. The van der Waals surface area contributed by atoms with E-state index in [2.05, 4.69) is 10.3 Å². The zero-order chi connectivity index (χ0) is 14.0. The monoisotopic (exact) mass is 298 g/mol. The van der Waals surface area contributed by atoms with Gasteiger partial charge in [0.25, 0.3) is 0 Å². The Morgan fingerprint density at radius 3 is 2.84 bits per heavy atom. The fraction of sp³-hybridized carbons (Fsp3) is 0.167. The maximum atomic E-state index is 10.8. The third-order valence-corrected chi connectivity index (χ3v) is 3.61. The molecule has 0 aliphatic rings. The average molecular weight is 299 g/mol. The quantitative estimate of drug-likeness (QED) is 0.903. The van der Waals surface area contributed by atoms with Gasteiger partial charge in [0.1, 0.15) is 5.75 Å². The first-order valence-electron chi connectivity index (χ1n) is 5.31. The smallest absolute Gasteiger partial charge is 0.355 e. The molecule has 0 fully saturated rings. The minimum absolute atomic E-state index is 0.0113. The summed E-state index contributed by atoms with van der Waals surface area (Å²) in [5.41, 5.74) is 1.59. The molecule has 2 aromatic rings. The zero-order valence-corrected chi connectivity index (χ0v) is 11.8. The summed E-state index contributed by atoms with van der Waals surface area (Å²) in [6, 6.07) is 3.52. The number of hydrogen-bond acceptors (Lipinski definition) is 5. The minimum Gasteiger partial charge on any atom is -0.495 e. The standard InChI is InChI=1S/C12H11ClN2O3S/c1-6-3-8(10(18-2)4-7(6)13)14-12-15-9(5-19-12)11(16)17/h3-5H,1-2H3,(H,14,15)(H,16,17). The second-order valence-electron chi connectivity index (χ2n) is 3.77. The van der Waals surface area contributed by atoms with Gasteiger partial charge in [0.15, 0.2) is 10.8 Å². The molecule has 0 saturated heterocycles. The SMILES string of the molecule is COc1cc(Cl)c(C)cc1Nc1nc(C(=O)O)cs1. The number of methoxy groups -OCH3 is 1. The molecule has 2 N–H and O–H groups in total. The van der Waals surface area contributed by atoms with Crippen molar-refractivity contribution in [1.82, 2.24) is 4.98 Å². The van der Waals surface area contributed by atoms with Gasteiger partial charge in [0.05, 0.1) is 12.8 Å². The molecule has 2 rings (SSSR count). The van der Waals surface area contributed by atoms with Crippen molar-refractivity contribution in [2.75, 3.05) is 12.4 Å². The lowest BCUT2D eigenvalue weighted by molar-refractivity contribution is 0.0691. The van der Waals surface area contributed by atoms with Gasteiger partial charge in [0, 0.05) is 16.5 Å². The predicted octanol–water partition coefficient (Wildman–Crippen LogP) is 3.56. The highest BCUT2D eigenvalue weighted by Gasteiger charge is 2.12. The number of halogens is 1. The number of rotatable bonds is 4. The highest BCUT2D eigenvalue weighted by Crippen LogP contribution is 2.33. The molecule has 7 heteroatoms. The van der Waals surface area contributed by atoms with Crippen LogP contribution in [0.3, 0.4) is 0 Å². The lowest BCUT2D eigenvalue weighted by Crippen LogP contribution is -1.98. The summed E-state index contributed by atoms with van der Waals surface area (Å²) in [6.45, 7) is 1.87. The molecule has 19 heavy (non-hydrogen) atoms.